The number of anilines is 1. The lowest BCUT2D eigenvalue weighted by atomic mass is 10.1. The second-order valence-corrected chi connectivity index (χ2v) is 6.42. The summed E-state index contributed by atoms with van der Waals surface area (Å²) in [5.74, 6) is 0.158. The molecule has 0 unspecified atom stereocenters. The fourth-order valence-corrected chi connectivity index (χ4v) is 2.93. The van der Waals surface area contributed by atoms with Gasteiger partial charge in [-0.15, -0.1) is 0 Å². The van der Waals surface area contributed by atoms with Gasteiger partial charge in [0, 0.05) is 30.8 Å². The Kier molecular flexibility index (Phi) is 4.24. The molecule has 114 valence electrons. The largest absolute Gasteiger partial charge is 0.337 e. The van der Waals surface area contributed by atoms with Crippen molar-refractivity contribution in [1.82, 2.24) is 4.90 Å². The van der Waals surface area contributed by atoms with Gasteiger partial charge in [-0.05, 0) is 53.4 Å². The number of rotatable bonds is 5. The van der Waals surface area contributed by atoms with E-state index in [-0.39, 0.29) is 17.7 Å². The molecule has 1 aliphatic rings. The third-order valence-electron chi connectivity index (χ3n) is 3.67. The highest BCUT2D eigenvalue weighted by Gasteiger charge is 2.29. The van der Waals surface area contributed by atoms with Gasteiger partial charge in [-0.25, -0.2) is 0 Å². The second-order valence-electron chi connectivity index (χ2n) is 5.64. The topological polar surface area (TPSA) is 49.4 Å². The zero-order valence-corrected chi connectivity index (χ0v) is 13.2. The van der Waals surface area contributed by atoms with Crippen LogP contribution in [0.4, 0.5) is 5.69 Å². The highest BCUT2D eigenvalue weighted by atomic mass is 32.1. The molecule has 5 heteroatoms. The smallest absolute Gasteiger partial charge is 0.253 e. The summed E-state index contributed by atoms with van der Waals surface area (Å²) in [6.45, 7) is 0.584. The van der Waals surface area contributed by atoms with Gasteiger partial charge in [0.2, 0.25) is 5.91 Å². The summed E-state index contributed by atoms with van der Waals surface area (Å²) in [5, 5.41) is 6.92. The predicted molar refractivity (Wildman–Crippen MR) is 87.9 cm³/mol. The Labute approximate surface area is 133 Å². The van der Waals surface area contributed by atoms with Gasteiger partial charge in [0.1, 0.15) is 0 Å². The number of thiophene rings is 1. The van der Waals surface area contributed by atoms with Crippen LogP contribution in [0, 0.1) is 5.92 Å². The van der Waals surface area contributed by atoms with Gasteiger partial charge < -0.3 is 10.2 Å². The molecule has 4 nitrogen and oxygen atoms in total. The molecule has 3 rings (SSSR count). The highest BCUT2D eigenvalue weighted by Crippen LogP contribution is 2.30. The number of nitrogens with zero attached hydrogens (tertiary/aromatic N) is 1. The Bertz CT molecular complexity index is 678. The van der Waals surface area contributed by atoms with E-state index in [4.69, 9.17) is 0 Å². The average Bonchev–Trinajstić information content (AvgIpc) is 3.25. The molecule has 1 aromatic heterocycles. The molecule has 0 aliphatic heterocycles. The zero-order valence-electron chi connectivity index (χ0n) is 12.4. The van der Waals surface area contributed by atoms with Gasteiger partial charge in [0.25, 0.3) is 5.91 Å². The molecular formula is C17H18N2O2S. The van der Waals surface area contributed by atoms with Crippen molar-refractivity contribution in [3.63, 3.8) is 0 Å². The Hall–Kier alpha value is -2.14. The van der Waals surface area contributed by atoms with Crippen molar-refractivity contribution >= 4 is 28.8 Å². The van der Waals surface area contributed by atoms with Gasteiger partial charge >= 0.3 is 0 Å². The first kappa shape index (κ1) is 14.8. The SMILES string of the molecule is CN(Cc1ccsc1)C(=O)c1cccc(NC(=O)C2CC2)c1. The number of carbonyl (C=O) groups excluding carboxylic acids is 2. The molecule has 1 aromatic carbocycles. The van der Waals surface area contributed by atoms with Crippen LogP contribution in [0.3, 0.4) is 0 Å². The highest BCUT2D eigenvalue weighted by molar-refractivity contribution is 7.07. The predicted octanol–water partition coefficient (Wildman–Crippen LogP) is 3.37. The van der Waals surface area contributed by atoms with E-state index >= 15 is 0 Å². The van der Waals surface area contributed by atoms with Gasteiger partial charge in [-0.1, -0.05) is 6.07 Å². The lowest BCUT2D eigenvalue weighted by Gasteiger charge is -2.17. The number of amides is 2. The number of hydrogen-bond donors (Lipinski definition) is 1. The van der Waals surface area contributed by atoms with Gasteiger partial charge in [0.15, 0.2) is 0 Å². The molecule has 0 spiro atoms. The van der Waals surface area contributed by atoms with Gasteiger partial charge in [0.05, 0.1) is 0 Å². The third-order valence-corrected chi connectivity index (χ3v) is 4.40. The molecule has 0 atom stereocenters. The van der Waals surface area contributed by atoms with Crippen molar-refractivity contribution < 1.29 is 9.59 Å². The van der Waals surface area contributed by atoms with Crippen LogP contribution in [0.2, 0.25) is 0 Å². The first-order chi connectivity index (χ1) is 10.6. The van der Waals surface area contributed by atoms with Crippen molar-refractivity contribution in [2.24, 2.45) is 5.92 Å². The van der Waals surface area contributed by atoms with Crippen LogP contribution in [0.5, 0.6) is 0 Å². The quantitative estimate of drug-likeness (QED) is 0.920. The third kappa shape index (κ3) is 3.54. The van der Waals surface area contributed by atoms with E-state index in [0.717, 1.165) is 18.4 Å². The second kappa shape index (κ2) is 6.32. The first-order valence-corrected chi connectivity index (χ1v) is 8.25. The van der Waals surface area contributed by atoms with Gasteiger partial charge in [-0.2, -0.15) is 11.3 Å². The molecule has 1 aliphatic carbocycles. The number of hydrogen-bond acceptors (Lipinski definition) is 3. The summed E-state index contributed by atoms with van der Waals surface area (Å²) in [6.07, 6.45) is 1.93. The first-order valence-electron chi connectivity index (χ1n) is 7.31. The van der Waals surface area contributed by atoms with Gasteiger partial charge in [-0.3, -0.25) is 9.59 Å². The minimum atomic E-state index is -0.0475. The van der Waals surface area contributed by atoms with Crippen molar-refractivity contribution in [3.8, 4) is 0 Å². The van der Waals surface area contributed by atoms with E-state index in [1.807, 2.05) is 22.9 Å². The number of nitrogens with one attached hydrogen (secondary N) is 1. The molecule has 0 radical (unpaired) electrons. The average molecular weight is 314 g/mol. The van der Waals surface area contributed by atoms with Crippen molar-refractivity contribution in [1.29, 1.82) is 0 Å². The van der Waals surface area contributed by atoms with Crippen LogP contribution < -0.4 is 5.32 Å². The van der Waals surface area contributed by atoms with Crippen molar-refractivity contribution in [2.45, 2.75) is 19.4 Å². The van der Waals surface area contributed by atoms with Crippen molar-refractivity contribution in [3.05, 3.63) is 52.2 Å². The summed E-state index contributed by atoms with van der Waals surface area (Å²) in [4.78, 5) is 26.0. The van der Waals surface area contributed by atoms with Crippen LogP contribution in [0.1, 0.15) is 28.8 Å². The lowest BCUT2D eigenvalue weighted by Crippen LogP contribution is -2.26. The molecule has 0 bridgehead atoms. The minimum absolute atomic E-state index is 0.0475. The standard InChI is InChI=1S/C17H18N2O2S/c1-19(10-12-7-8-22-11-12)17(21)14-3-2-4-15(9-14)18-16(20)13-5-6-13/h2-4,7-9,11,13H,5-6,10H2,1H3,(H,18,20). The van der Waals surface area contributed by atoms with E-state index in [1.165, 1.54) is 0 Å². The zero-order chi connectivity index (χ0) is 15.5. The number of carbonyl (C=O) groups is 2. The summed E-state index contributed by atoms with van der Waals surface area (Å²) < 4.78 is 0. The van der Waals surface area contributed by atoms with E-state index in [2.05, 4.69) is 5.32 Å². The fourth-order valence-electron chi connectivity index (χ4n) is 2.27. The maximum Gasteiger partial charge on any atom is 0.253 e. The molecule has 1 saturated carbocycles. The Morgan fingerprint density at radius 3 is 2.82 bits per heavy atom. The Morgan fingerprint density at radius 1 is 1.32 bits per heavy atom. The molecule has 1 N–H and O–H groups in total. The summed E-state index contributed by atoms with van der Waals surface area (Å²) in [5.41, 5.74) is 2.40. The fraction of sp³-hybridized carbons (Fsp3) is 0.294. The van der Waals surface area contributed by atoms with E-state index in [0.29, 0.717) is 17.8 Å². The van der Waals surface area contributed by atoms with Crippen LogP contribution >= 0.6 is 11.3 Å². The summed E-state index contributed by atoms with van der Waals surface area (Å²) >= 11 is 1.62. The molecule has 2 amide bonds. The Morgan fingerprint density at radius 2 is 2.14 bits per heavy atom. The van der Waals surface area contributed by atoms with Crippen LogP contribution in [-0.2, 0) is 11.3 Å². The molecule has 2 aromatic rings. The van der Waals surface area contributed by atoms with E-state index < -0.39 is 0 Å². The van der Waals surface area contributed by atoms with Crippen molar-refractivity contribution in [2.75, 3.05) is 12.4 Å². The Balaban J connectivity index is 1.67. The maximum absolute atomic E-state index is 12.5. The normalized spacial score (nSPS) is 13.7. The molecule has 1 heterocycles. The number of benzene rings is 1. The minimum Gasteiger partial charge on any atom is -0.337 e. The summed E-state index contributed by atoms with van der Waals surface area (Å²) in [6, 6.07) is 9.15. The van der Waals surface area contributed by atoms with E-state index in [9.17, 15) is 9.59 Å². The molecule has 0 saturated heterocycles. The molecule has 1 fully saturated rings. The summed E-state index contributed by atoms with van der Waals surface area (Å²) in [7, 11) is 1.79. The van der Waals surface area contributed by atoms with E-state index in [1.54, 1.807) is 41.5 Å². The monoisotopic (exact) mass is 314 g/mol. The molecular weight excluding hydrogens is 296 g/mol. The molecule has 22 heavy (non-hydrogen) atoms. The van der Waals surface area contributed by atoms with Crippen LogP contribution in [0.25, 0.3) is 0 Å². The van der Waals surface area contributed by atoms with Crippen LogP contribution in [-0.4, -0.2) is 23.8 Å². The van der Waals surface area contributed by atoms with Crippen LogP contribution in [0.15, 0.2) is 41.1 Å². The maximum atomic E-state index is 12.5. The lowest BCUT2D eigenvalue weighted by molar-refractivity contribution is -0.117.